The first-order chi connectivity index (χ1) is 11.2. The standard InChI is InChI=1S/C22H23N/c1-5-10-19-11-6-8-13-21(19)17(2)18(3)22-14-9-7-12-20(22)15-16-23-4/h5-16H,2H2,1,3-4H3/b10-5-,20-15-,22-18+,23-16?. The molecule has 0 aromatic heterocycles. The Labute approximate surface area is 138 Å². The van der Waals surface area contributed by atoms with Gasteiger partial charge in [-0.2, -0.15) is 0 Å². The Balaban J connectivity index is 2.66. The Kier molecular flexibility index (Phi) is 5.87. The smallest absolute Gasteiger partial charge is 0.0277 e. The maximum atomic E-state index is 4.35. The fourth-order valence-corrected chi connectivity index (χ4v) is 2.60. The van der Waals surface area contributed by atoms with Gasteiger partial charge in [-0.1, -0.05) is 67.3 Å². The molecule has 0 aliphatic carbocycles. The number of nitrogens with zero attached hydrogens (tertiary/aromatic N) is 1. The molecule has 1 nitrogen and oxygen atoms in total. The van der Waals surface area contributed by atoms with Crippen LogP contribution in [0.2, 0.25) is 0 Å². The van der Waals surface area contributed by atoms with Gasteiger partial charge in [-0.05, 0) is 52.6 Å². The van der Waals surface area contributed by atoms with Crippen molar-refractivity contribution in [3.05, 3.63) is 82.8 Å². The lowest BCUT2D eigenvalue weighted by molar-refractivity contribution is 1.46. The number of hydrogen-bond donors (Lipinski definition) is 0. The van der Waals surface area contributed by atoms with Gasteiger partial charge in [-0.25, -0.2) is 0 Å². The zero-order valence-electron chi connectivity index (χ0n) is 14.1. The van der Waals surface area contributed by atoms with E-state index >= 15 is 0 Å². The second-order valence-electron chi connectivity index (χ2n) is 5.35. The third kappa shape index (κ3) is 3.95. The van der Waals surface area contributed by atoms with Gasteiger partial charge in [0.05, 0.1) is 0 Å². The van der Waals surface area contributed by atoms with Crippen molar-refractivity contribution in [1.29, 1.82) is 0 Å². The Morgan fingerprint density at radius 1 is 1.04 bits per heavy atom. The molecule has 0 unspecified atom stereocenters. The van der Waals surface area contributed by atoms with Crippen molar-refractivity contribution < 1.29 is 0 Å². The molecule has 0 radical (unpaired) electrons. The van der Waals surface area contributed by atoms with Crippen LogP contribution in [0, 0.1) is 0 Å². The van der Waals surface area contributed by atoms with Crippen molar-refractivity contribution in [3.63, 3.8) is 0 Å². The van der Waals surface area contributed by atoms with Crippen LogP contribution in [0.25, 0.3) is 23.3 Å². The van der Waals surface area contributed by atoms with E-state index in [1.54, 1.807) is 7.05 Å². The molecular weight excluding hydrogens is 278 g/mol. The minimum absolute atomic E-state index is 1.05. The number of aliphatic imine (C=N–C) groups is 1. The van der Waals surface area contributed by atoms with Gasteiger partial charge >= 0.3 is 0 Å². The van der Waals surface area contributed by atoms with Crippen molar-refractivity contribution in [2.45, 2.75) is 13.8 Å². The van der Waals surface area contributed by atoms with Crippen LogP contribution in [-0.2, 0) is 0 Å². The zero-order valence-corrected chi connectivity index (χ0v) is 14.1. The molecular formula is C22H23N. The van der Waals surface area contributed by atoms with Crippen molar-refractivity contribution in [2.75, 3.05) is 7.05 Å². The largest absolute Gasteiger partial charge is 0.296 e. The molecule has 0 aliphatic heterocycles. The average Bonchev–Trinajstić information content (AvgIpc) is 2.60. The number of allylic oxidation sites excluding steroid dienone is 2. The molecule has 0 aliphatic rings. The Bertz CT molecular complexity index is 867. The molecule has 0 bridgehead atoms. The summed E-state index contributed by atoms with van der Waals surface area (Å²) in [4.78, 5) is 4.05. The molecule has 0 amide bonds. The molecule has 0 heterocycles. The summed E-state index contributed by atoms with van der Waals surface area (Å²) < 4.78 is 0. The van der Waals surface area contributed by atoms with Crippen LogP contribution in [0.5, 0.6) is 0 Å². The van der Waals surface area contributed by atoms with E-state index in [-0.39, 0.29) is 0 Å². The van der Waals surface area contributed by atoms with Gasteiger partial charge in [0.15, 0.2) is 0 Å². The number of rotatable bonds is 4. The lowest BCUT2D eigenvalue weighted by Crippen LogP contribution is -2.26. The van der Waals surface area contributed by atoms with E-state index in [1.807, 2.05) is 25.3 Å². The highest BCUT2D eigenvalue weighted by Crippen LogP contribution is 2.25. The first-order valence-electron chi connectivity index (χ1n) is 7.79. The number of hydrogen-bond acceptors (Lipinski definition) is 1. The summed E-state index contributed by atoms with van der Waals surface area (Å²) in [6, 6.07) is 16.7. The van der Waals surface area contributed by atoms with E-state index in [2.05, 4.69) is 73.1 Å². The van der Waals surface area contributed by atoms with E-state index < -0.39 is 0 Å². The van der Waals surface area contributed by atoms with Crippen LogP contribution in [-0.4, -0.2) is 13.3 Å². The van der Waals surface area contributed by atoms with Crippen LogP contribution in [0.1, 0.15) is 25.0 Å². The molecule has 2 aromatic carbocycles. The summed E-state index contributed by atoms with van der Waals surface area (Å²) in [6.45, 7) is 8.51. The van der Waals surface area contributed by atoms with E-state index in [9.17, 15) is 0 Å². The van der Waals surface area contributed by atoms with Gasteiger partial charge in [0.1, 0.15) is 0 Å². The van der Waals surface area contributed by atoms with Crippen LogP contribution in [0.3, 0.4) is 0 Å². The van der Waals surface area contributed by atoms with E-state index in [0.29, 0.717) is 0 Å². The van der Waals surface area contributed by atoms with Crippen molar-refractivity contribution in [2.24, 2.45) is 4.99 Å². The lowest BCUT2D eigenvalue weighted by atomic mass is 9.94. The summed E-state index contributed by atoms with van der Waals surface area (Å²) >= 11 is 0. The van der Waals surface area contributed by atoms with Crippen LogP contribution < -0.4 is 10.4 Å². The van der Waals surface area contributed by atoms with Gasteiger partial charge in [0.25, 0.3) is 0 Å². The van der Waals surface area contributed by atoms with Crippen molar-refractivity contribution in [3.8, 4) is 0 Å². The summed E-state index contributed by atoms with van der Waals surface area (Å²) in [5.74, 6) is 0. The first-order valence-corrected chi connectivity index (χ1v) is 7.79. The third-order valence-electron chi connectivity index (χ3n) is 3.85. The van der Waals surface area contributed by atoms with E-state index in [4.69, 9.17) is 0 Å². The highest BCUT2D eigenvalue weighted by Gasteiger charge is 2.06. The molecule has 0 fully saturated rings. The van der Waals surface area contributed by atoms with Gasteiger partial charge in [0, 0.05) is 13.3 Å². The van der Waals surface area contributed by atoms with Gasteiger partial charge in [0.2, 0.25) is 0 Å². The van der Waals surface area contributed by atoms with Crippen molar-refractivity contribution >= 4 is 29.5 Å². The summed E-state index contributed by atoms with van der Waals surface area (Å²) in [5, 5.41) is 2.34. The monoisotopic (exact) mass is 301 g/mol. The van der Waals surface area contributed by atoms with Crippen LogP contribution >= 0.6 is 0 Å². The topological polar surface area (TPSA) is 12.4 Å². The van der Waals surface area contributed by atoms with Gasteiger partial charge < -0.3 is 0 Å². The lowest BCUT2D eigenvalue weighted by Gasteiger charge is -2.11. The number of benzene rings is 2. The highest BCUT2D eigenvalue weighted by molar-refractivity contribution is 5.98. The molecule has 1 heteroatoms. The minimum atomic E-state index is 1.05. The van der Waals surface area contributed by atoms with Crippen molar-refractivity contribution in [1.82, 2.24) is 0 Å². The Morgan fingerprint density at radius 3 is 2.48 bits per heavy atom. The van der Waals surface area contributed by atoms with E-state index in [0.717, 1.165) is 10.8 Å². The fraction of sp³-hybridized carbons (Fsp3) is 0.136. The van der Waals surface area contributed by atoms with Crippen LogP contribution in [0.15, 0.2) is 66.2 Å². The Hall–Kier alpha value is -2.67. The second-order valence-corrected chi connectivity index (χ2v) is 5.35. The molecule has 0 spiro atoms. The normalized spacial score (nSPS) is 13.8. The maximum Gasteiger partial charge on any atom is 0.0277 e. The summed E-state index contributed by atoms with van der Waals surface area (Å²) in [7, 11) is 1.78. The molecule has 0 saturated carbocycles. The maximum absolute atomic E-state index is 4.35. The average molecular weight is 301 g/mol. The Morgan fingerprint density at radius 2 is 1.74 bits per heavy atom. The van der Waals surface area contributed by atoms with E-state index in [1.165, 1.54) is 21.9 Å². The summed E-state index contributed by atoms with van der Waals surface area (Å²) in [6.07, 6.45) is 8.03. The SMILES string of the molecule is C=C(/C(C)=c1\cccc\c1=C\C=NC)c1ccccc1/C=C\C. The highest BCUT2D eigenvalue weighted by atomic mass is 14.6. The molecule has 0 atom stereocenters. The summed E-state index contributed by atoms with van der Waals surface area (Å²) in [5.41, 5.74) is 4.59. The molecule has 0 saturated heterocycles. The van der Waals surface area contributed by atoms with Gasteiger partial charge in [-0.15, -0.1) is 0 Å². The first kappa shape index (κ1) is 16.7. The zero-order chi connectivity index (χ0) is 16.7. The third-order valence-corrected chi connectivity index (χ3v) is 3.85. The second kappa shape index (κ2) is 8.09. The molecule has 2 aromatic rings. The molecule has 0 N–H and O–H groups in total. The predicted octanol–water partition coefficient (Wildman–Crippen LogP) is 4.08. The molecule has 116 valence electrons. The quantitative estimate of drug-likeness (QED) is 0.754. The van der Waals surface area contributed by atoms with Crippen LogP contribution in [0.4, 0.5) is 0 Å². The molecule has 23 heavy (non-hydrogen) atoms. The van der Waals surface area contributed by atoms with Gasteiger partial charge in [-0.3, -0.25) is 4.99 Å². The molecule has 2 rings (SSSR count). The predicted molar refractivity (Wildman–Crippen MR) is 104 cm³/mol. The minimum Gasteiger partial charge on any atom is -0.296 e. The fourth-order valence-electron chi connectivity index (χ4n) is 2.60.